The number of amides is 1. The first-order valence-corrected chi connectivity index (χ1v) is 13.5. The lowest BCUT2D eigenvalue weighted by atomic mass is 10.1. The van der Waals surface area contributed by atoms with Gasteiger partial charge < -0.3 is 8.92 Å². The van der Waals surface area contributed by atoms with Crippen LogP contribution >= 0.6 is 22.9 Å². The van der Waals surface area contributed by atoms with Crippen molar-refractivity contribution in [3.05, 3.63) is 93.5 Å². The van der Waals surface area contributed by atoms with Crippen molar-refractivity contribution in [2.24, 2.45) is 0 Å². The molecule has 1 amide bonds. The van der Waals surface area contributed by atoms with Crippen LogP contribution in [0.25, 0.3) is 11.6 Å². The van der Waals surface area contributed by atoms with Crippen molar-refractivity contribution in [2.75, 3.05) is 12.4 Å². The topological polar surface area (TPSA) is 131 Å². The fourth-order valence-electron chi connectivity index (χ4n) is 3.22. The number of carbonyl (C=O) groups excluding carboxylic acids is 1. The van der Waals surface area contributed by atoms with Crippen molar-refractivity contribution >= 4 is 55.7 Å². The SMILES string of the molecule is COc1cc(/C=C(\C#N)c2nnc(NC(=O)c3ccccc3)s2)cc(Cl)c1OS(=O)(=O)c1ccc(C)cc1. The van der Waals surface area contributed by atoms with Crippen LogP contribution in [0.4, 0.5) is 5.13 Å². The van der Waals surface area contributed by atoms with Gasteiger partial charge in [-0.3, -0.25) is 10.1 Å². The normalized spacial score (nSPS) is 11.5. The Morgan fingerprint density at radius 2 is 1.82 bits per heavy atom. The third-order valence-corrected chi connectivity index (χ3v) is 7.49. The lowest BCUT2D eigenvalue weighted by molar-refractivity contribution is 0.102. The molecule has 0 aliphatic carbocycles. The van der Waals surface area contributed by atoms with E-state index in [2.05, 4.69) is 15.5 Å². The molecule has 4 aromatic rings. The second-order valence-corrected chi connectivity index (χ2v) is 10.7. The van der Waals surface area contributed by atoms with Crippen molar-refractivity contribution in [2.45, 2.75) is 11.8 Å². The highest BCUT2D eigenvalue weighted by molar-refractivity contribution is 7.87. The zero-order valence-corrected chi connectivity index (χ0v) is 22.4. The molecule has 12 heteroatoms. The number of methoxy groups -OCH3 is 1. The summed E-state index contributed by atoms with van der Waals surface area (Å²) in [5, 5.41) is 20.7. The Hall–Kier alpha value is -4.24. The van der Waals surface area contributed by atoms with Gasteiger partial charge in [0.15, 0.2) is 10.8 Å². The summed E-state index contributed by atoms with van der Waals surface area (Å²) in [5.74, 6) is -0.500. The van der Waals surface area contributed by atoms with Crippen LogP contribution in [-0.4, -0.2) is 31.6 Å². The first-order chi connectivity index (χ1) is 18.2. The second-order valence-electron chi connectivity index (χ2n) is 7.79. The predicted molar refractivity (Wildman–Crippen MR) is 145 cm³/mol. The first-order valence-electron chi connectivity index (χ1n) is 10.9. The minimum Gasteiger partial charge on any atom is -0.493 e. The van der Waals surface area contributed by atoms with Crippen LogP contribution in [-0.2, 0) is 10.1 Å². The van der Waals surface area contributed by atoms with Gasteiger partial charge in [0.05, 0.1) is 17.7 Å². The van der Waals surface area contributed by atoms with Gasteiger partial charge >= 0.3 is 10.1 Å². The van der Waals surface area contributed by atoms with Crippen LogP contribution in [0.5, 0.6) is 11.5 Å². The molecule has 1 aromatic heterocycles. The fourth-order valence-corrected chi connectivity index (χ4v) is 5.18. The molecule has 0 saturated carbocycles. The molecular weight excluding hydrogens is 548 g/mol. The largest absolute Gasteiger partial charge is 0.493 e. The molecule has 0 fully saturated rings. The Bertz CT molecular complexity index is 1660. The average Bonchev–Trinajstić information content (AvgIpc) is 3.37. The maximum atomic E-state index is 12.8. The molecule has 0 bridgehead atoms. The monoisotopic (exact) mass is 566 g/mol. The van der Waals surface area contributed by atoms with E-state index in [1.54, 1.807) is 42.5 Å². The Kier molecular flexibility index (Phi) is 8.07. The molecule has 0 spiro atoms. The lowest BCUT2D eigenvalue weighted by Crippen LogP contribution is -2.11. The van der Waals surface area contributed by atoms with Crippen LogP contribution in [0, 0.1) is 18.3 Å². The molecule has 0 radical (unpaired) electrons. The van der Waals surface area contributed by atoms with Gasteiger partial charge in [0.2, 0.25) is 10.9 Å². The third-order valence-electron chi connectivity index (χ3n) is 5.10. The number of nitriles is 1. The van der Waals surface area contributed by atoms with Gasteiger partial charge in [-0.1, -0.05) is 58.8 Å². The van der Waals surface area contributed by atoms with Gasteiger partial charge in [-0.2, -0.15) is 13.7 Å². The number of rotatable bonds is 8. The zero-order chi connectivity index (χ0) is 27.3. The number of carbonyl (C=O) groups is 1. The number of allylic oxidation sites excluding steroid dienone is 1. The lowest BCUT2D eigenvalue weighted by Gasteiger charge is -2.13. The highest BCUT2D eigenvalue weighted by Crippen LogP contribution is 2.39. The van der Waals surface area contributed by atoms with Crippen molar-refractivity contribution in [1.82, 2.24) is 10.2 Å². The molecule has 1 N–H and O–H groups in total. The molecule has 0 atom stereocenters. The van der Waals surface area contributed by atoms with E-state index in [1.165, 1.54) is 37.5 Å². The molecule has 0 aliphatic heterocycles. The minimum absolute atomic E-state index is 0.0385. The molecule has 192 valence electrons. The summed E-state index contributed by atoms with van der Waals surface area (Å²) in [6, 6.07) is 19.7. The number of nitrogens with one attached hydrogen (secondary N) is 1. The van der Waals surface area contributed by atoms with E-state index >= 15 is 0 Å². The summed E-state index contributed by atoms with van der Waals surface area (Å²) in [6.07, 6.45) is 1.48. The summed E-state index contributed by atoms with van der Waals surface area (Å²) < 4.78 is 36.1. The highest BCUT2D eigenvalue weighted by atomic mass is 35.5. The van der Waals surface area contributed by atoms with E-state index < -0.39 is 10.1 Å². The Labute approximate surface area is 228 Å². The Morgan fingerprint density at radius 3 is 2.47 bits per heavy atom. The number of benzene rings is 3. The van der Waals surface area contributed by atoms with Gasteiger partial charge in [0.1, 0.15) is 11.0 Å². The first kappa shape index (κ1) is 26.8. The van der Waals surface area contributed by atoms with E-state index in [-0.39, 0.29) is 43.0 Å². The van der Waals surface area contributed by atoms with Crippen LogP contribution in [0.3, 0.4) is 0 Å². The molecule has 0 unspecified atom stereocenters. The van der Waals surface area contributed by atoms with Crippen LogP contribution in [0.1, 0.15) is 26.5 Å². The van der Waals surface area contributed by atoms with E-state index in [0.717, 1.165) is 16.9 Å². The average molecular weight is 567 g/mol. The number of halogens is 1. The summed E-state index contributed by atoms with van der Waals surface area (Å²) in [4.78, 5) is 12.3. The molecular formula is C26H19ClN4O5S2. The molecule has 38 heavy (non-hydrogen) atoms. The molecule has 9 nitrogen and oxygen atoms in total. The number of hydrogen-bond donors (Lipinski definition) is 1. The summed E-state index contributed by atoms with van der Waals surface area (Å²) >= 11 is 7.39. The van der Waals surface area contributed by atoms with Crippen LogP contribution in [0.2, 0.25) is 5.02 Å². The van der Waals surface area contributed by atoms with Crippen LogP contribution in [0.15, 0.2) is 71.6 Å². The van der Waals surface area contributed by atoms with Gasteiger partial charge in [0.25, 0.3) is 5.91 Å². The quantitative estimate of drug-likeness (QED) is 0.215. The summed E-state index contributed by atoms with van der Waals surface area (Å²) in [7, 11) is -2.84. The van der Waals surface area contributed by atoms with Crippen molar-refractivity contribution in [3.8, 4) is 17.6 Å². The summed E-state index contributed by atoms with van der Waals surface area (Å²) in [6.45, 7) is 1.84. The molecule has 3 aromatic carbocycles. The summed E-state index contributed by atoms with van der Waals surface area (Å²) in [5.41, 5.74) is 1.91. The van der Waals surface area contributed by atoms with Gasteiger partial charge in [0, 0.05) is 5.56 Å². The van der Waals surface area contributed by atoms with E-state index in [9.17, 15) is 18.5 Å². The minimum atomic E-state index is -4.18. The molecule has 0 saturated heterocycles. The van der Waals surface area contributed by atoms with Crippen molar-refractivity contribution < 1.29 is 22.1 Å². The van der Waals surface area contributed by atoms with E-state index in [4.69, 9.17) is 20.5 Å². The fraction of sp³-hybridized carbons (Fsp3) is 0.0769. The maximum Gasteiger partial charge on any atom is 0.339 e. The van der Waals surface area contributed by atoms with Crippen LogP contribution < -0.4 is 14.2 Å². The van der Waals surface area contributed by atoms with Gasteiger partial charge in [-0.05, 0) is 55.0 Å². The smallest absolute Gasteiger partial charge is 0.339 e. The second kappa shape index (κ2) is 11.4. The third kappa shape index (κ3) is 6.18. The number of anilines is 1. The molecule has 0 aliphatic rings. The standard InChI is InChI=1S/C26H19ClN4O5S2/c1-16-8-10-20(11-9-16)38(33,34)36-23-21(27)13-17(14-22(23)35-2)12-19(15-28)25-30-31-26(37-25)29-24(32)18-6-4-3-5-7-18/h3-14H,1-2H3,(H,29,31,32)/b19-12+. The van der Waals surface area contributed by atoms with Crippen molar-refractivity contribution in [3.63, 3.8) is 0 Å². The Balaban J connectivity index is 1.59. The molecule has 1 heterocycles. The molecule has 4 rings (SSSR count). The number of aromatic nitrogens is 2. The van der Waals surface area contributed by atoms with Gasteiger partial charge in [-0.25, -0.2) is 0 Å². The maximum absolute atomic E-state index is 12.8. The number of ether oxygens (including phenoxy) is 1. The number of nitrogens with zero attached hydrogens (tertiary/aromatic N) is 3. The number of hydrogen-bond acceptors (Lipinski definition) is 9. The van der Waals surface area contributed by atoms with Gasteiger partial charge in [-0.15, -0.1) is 10.2 Å². The zero-order valence-electron chi connectivity index (χ0n) is 20.0. The van der Waals surface area contributed by atoms with E-state index in [1.807, 2.05) is 13.0 Å². The Morgan fingerprint density at radius 1 is 1.11 bits per heavy atom. The highest BCUT2D eigenvalue weighted by Gasteiger charge is 2.22. The number of aryl methyl sites for hydroxylation is 1. The van der Waals surface area contributed by atoms with Crippen molar-refractivity contribution in [1.29, 1.82) is 5.26 Å². The van der Waals surface area contributed by atoms with E-state index in [0.29, 0.717) is 11.1 Å². The predicted octanol–water partition coefficient (Wildman–Crippen LogP) is 5.59.